The summed E-state index contributed by atoms with van der Waals surface area (Å²) in [5.41, 5.74) is -0.329. The van der Waals surface area contributed by atoms with Gasteiger partial charge >= 0.3 is 0 Å². The van der Waals surface area contributed by atoms with Gasteiger partial charge in [0.25, 0.3) is 11.5 Å². The van der Waals surface area contributed by atoms with E-state index in [2.05, 4.69) is 15.3 Å². The van der Waals surface area contributed by atoms with Crippen molar-refractivity contribution < 1.29 is 14.3 Å². The number of nitrogens with one attached hydrogen (secondary N) is 2. The van der Waals surface area contributed by atoms with Crippen LogP contribution >= 0.6 is 0 Å². The lowest BCUT2D eigenvalue weighted by Crippen LogP contribution is -2.35. The lowest BCUT2D eigenvalue weighted by molar-refractivity contribution is -0.0974. The predicted octanol–water partition coefficient (Wildman–Crippen LogP) is -0.881. The molecule has 16 heavy (non-hydrogen) atoms. The molecule has 0 aromatic carbocycles. The fraction of sp³-hybridized carbons (Fsp3) is 0.444. The number of aromatic nitrogens is 2. The van der Waals surface area contributed by atoms with E-state index in [1.807, 2.05) is 0 Å². The highest BCUT2D eigenvalue weighted by Gasteiger charge is 2.10. The number of hydrogen-bond acceptors (Lipinski definition) is 5. The van der Waals surface area contributed by atoms with E-state index in [4.69, 9.17) is 9.47 Å². The fourth-order valence-corrected chi connectivity index (χ4v) is 1.02. The second-order valence-electron chi connectivity index (χ2n) is 2.91. The lowest BCUT2D eigenvalue weighted by Gasteiger charge is -2.13. The molecule has 0 aliphatic carbocycles. The van der Waals surface area contributed by atoms with Gasteiger partial charge in [-0.1, -0.05) is 0 Å². The van der Waals surface area contributed by atoms with Crippen LogP contribution in [-0.4, -0.2) is 42.9 Å². The van der Waals surface area contributed by atoms with Crippen LogP contribution in [0.5, 0.6) is 0 Å². The minimum absolute atomic E-state index is 0.0507. The highest BCUT2D eigenvalue weighted by atomic mass is 16.7. The SMILES string of the molecule is COC(CNC(=O)c1cc(=O)[nH]cn1)OC. The van der Waals surface area contributed by atoms with E-state index in [0.717, 1.165) is 6.07 Å². The Morgan fingerprint density at radius 2 is 2.25 bits per heavy atom. The van der Waals surface area contributed by atoms with E-state index < -0.39 is 12.2 Å². The molecule has 0 aliphatic rings. The molecular weight excluding hydrogens is 214 g/mol. The normalized spacial score (nSPS) is 10.4. The zero-order valence-corrected chi connectivity index (χ0v) is 9.02. The third-order valence-corrected chi connectivity index (χ3v) is 1.87. The van der Waals surface area contributed by atoms with Gasteiger partial charge in [0.15, 0.2) is 6.29 Å². The Hall–Kier alpha value is -1.73. The van der Waals surface area contributed by atoms with Gasteiger partial charge in [0, 0.05) is 20.3 Å². The first-order chi connectivity index (χ1) is 7.67. The standard InChI is InChI=1S/C9H13N3O4/c1-15-8(16-2)4-10-9(14)6-3-7(13)12-5-11-6/h3,5,8H,4H2,1-2H3,(H,10,14)(H,11,12,13). The first-order valence-electron chi connectivity index (χ1n) is 4.56. The van der Waals surface area contributed by atoms with E-state index in [0.29, 0.717) is 0 Å². The number of carbonyl (C=O) groups is 1. The average Bonchev–Trinajstić information content (AvgIpc) is 2.30. The van der Waals surface area contributed by atoms with Gasteiger partial charge in [-0.05, 0) is 0 Å². The maximum Gasteiger partial charge on any atom is 0.270 e. The largest absolute Gasteiger partial charge is 0.354 e. The molecule has 2 N–H and O–H groups in total. The van der Waals surface area contributed by atoms with Crippen molar-refractivity contribution in [2.75, 3.05) is 20.8 Å². The summed E-state index contributed by atoms with van der Waals surface area (Å²) in [7, 11) is 2.93. The molecular formula is C9H13N3O4. The van der Waals surface area contributed by atoms with Crippen LogP contribution in [0.15, 0.2) is 17.2 Å². The highest BCUT2D eigenvalue weighted by molar-refractivity contribution is 5.91. The maximum absolute atomic E-state index is 11.5. The lowest BCUT2D eigenvalue weighted by atomic mass is 10.4. The van der Waals surface area contributed by atoms with Crippen molar-refractivity contribution in [1.82, 2.24) is 15.3 Å². The average molecular weight is 227 g/mol. The van der Waals surface area contributed by atoms with E-state index in [1.54, 1.807) is 0 Å². The van der Waals surface area contributed by atoms with Crippen LogP contribution < -0.4 is 10.9 Å². The highest BCUT2D eigenvalue weighted by Crippen LogP contribution is 1.91. The molecule has 88 valence electrons. The second kappa shape index (κ2) is 5.99. The third-order valence-electron chi connectivity index (χ3n) is 1.87. The summed E-state index contributed by atoms with van der Waals surface area (Å²) >= 11 is 0. The van der Waals surface area contributed by atoms with Crippen LogP contribution in [-0.2, 0) is 9.47 Å². The number of carbonyl (C=O) groups excluding carboxylic acids is 1. The van der Waals surface area contributed by atoms with Gasteiger partial charge in [-0.2, -0.15) is 0 Å². The van der Waals surface area contributed by atoms with Crippen LogP contribution in [0.3, 0.4) is 0 Å². The Morgan fingerprint density at radius 3 is 2.81 bits per heavy atom. The predicted molar refractivity (Wildman–Crippen MR) is 55.0 cm³/mol. The number of rotatable bonds is 5. The molecule has 0 unspecified atom stereocenters. The summed E-state index contributed by atoms with van der Waals surface area (Å²) in [4.78, 5) is 28.5. The molecule has 0 radical (unpaired) electrons. The first-order valence-corrected chi connectivity index (χ1v) is 4.56. The Labute approximate surface area is 91.8 Å². The number of H-pyrrole nitrogens is 1. The first kappa shape index (κ1) is 12.3. The zero-order valence-electron chi connectivity index (χ0n) is 9.02. The van der Waals surface area contributed by atoms with Crippen molar-refractivity contribution in [2.45, 2.75) is 6.29 Å². The minimum atomic E-state index is -0.522. The molecule has 1 aromatic heterocycles. The van der Waals surface area contributed by atoms with Gasteiger partial charge in [-0.15, -0.1) is 0 Å². The molecule has 0 aliphatic heterocycles. The topological polar surface area (TPSA) is 93.3 Å². The molecule has 1 heterocycles. The van der Waals surface area contributed by atoms with Gasteiger partial charge in [0.1, 0.15) is 5.69 Å². The fourth-order valence-electron chi connectivity index (χ4n) is 1.02. The van der Waals surface area contributed by atoms with E-state index in [-0.39, 0.29) is 17.8 Å². The van der Waals surface area contributed by atoms with Crippen molar-refractivity contribution in [1.29, 1.82) is 0 Å². The maximum atomic E-state index is 11.5. The van der Waals surface area contributed by atoms with E-state index in [1.165, 1.54) is 20.5 Å². The Bertz CT molecular complexity index is 400. The molecule has 1 amide bonds. The van der Waals surface area contributed by atoms with Crippen LogP contribution in [0.1, 0.15) is 10.5 Å². The quantitative estimate of drug-likeness (QED) is 0.637. The van der Waals surface area contributed by atoms with Crippen molar-refractivity contribution in [3.63, 3.8) is 0 Å². The molecule has 0 atom stereocenters. The Morgan fingerprint density at radius 1 is 1.56 bits per heavy atom. The zero-order chi connectivity index (χ0) is 12.0. The molecule has 7 nitrogen and oxygen atoms in total. The molecule has 0 saturated heterocycles. The minimum Gasteiger partial charge on any atom is -0.354 e. The Kier molecular flexibility index (Phi) is 4.62. The summed E-state index contributed by atoms with van der Waals surface area (Å²) in [6.07, 6.45) is 0.646. The molecule has 1 aromatic rings. The van der Waals surface area contributed by atoms with Crippen LogP contribution in [0.4, 0.5) is 0 Å². The second-order valence-corrected chi connectivity index (χ2v) is 2.91. The van der Waals surface area contributed by atoms with Crippen LogP contribution in [0.2, 0.25) is 0 Å². The monoisotopic (exact) mass is 227 g/mol. The third kappa shape index (κ3) is 3.44. The van der Waals surface area contributed by atoms with Gasteiger partial charge < -0.3 is 19.8 Å². The number of nitrogens with zero attached hydrogens (tertiary/aromatic N) is 1. The molecule has 0 bridgehead atoms. The van der Waals surface area contributed by atoms with E-state index in [9.17, 15) is 9.59 Å². The molecule has 1 rings (SSSR count). The van der Waals surface area contributed by atoms with Gasteiger partial charge in [-0.3, -0.25) is 9.59 Å². The molecule has 7 heteroatoms. The van der Waals surface area contributed by atoms with Gasteiger partial charge in [0.05, 0.1) is 12.9 Å². The van der Waals surface area contributed by atoms with Crippen molar-refractivity contribution in [3.8, 4) is 0 Å². The summed E-state index contributed by atoms with van der Waals surface area (Å²) in [5, 5.41) is 2.52. The number of methoxy groups -OCH3 is 2. The summed E-state index contributed by atoms with van der Waals surface area (Å²) in [5.74, 6) is -0.454. The summed E-state index contributed by atoms with van der Waals surface area (Å²) in [6.45, 7) is 0.181. The number of aromatic amines is 1. The summed E-state index contributed by atoms with van der Waals surface area (Å²) in [6, 6.07) is 1.12. The number of hydrogen-bond donors (Lipinski definition) is 2. The van der Waals surface area contributed by atoms with Crippen LogP contribution in [0, 0.1) is 0 Å². The summed E-state index contributed by atoms with van der Waals surface area (Å²) < 4.78 is 9.77. The molecule has 0 spiro atoms. The molecule has 0 fully saturated rings. The number of amides is 1. The van der Waals surface area contributed by atoms with Gasteiger partial charge in [-0.25, -0.2) is 4.98 Å². The number of ether oxygens (including phenoxy) is 2. The van der Waals surface area contributed by atoms with Crippen molar-refractivity contribution >= 4 is 5.91 Å². The Balaban J connectivity index is 2.56. The van der Waals surface area contributed by atoms with Crippen LogP contribution in [0.25, 0.3) is 0 Å². The molecule has 0 saturated carbocycles. The van der Waals surface area contributed by atoms with Crippen molar-refractivity contribution in [3.05, 3.63) is 28.4 Å². The van der Waals surface area contributed by atoms with Gasteiger partial charge in [0.2, 0.25) is 0 Å². The van der Waals surface area contributed by atoms with E-state index >= 15 is 0 Å². The van der Waals surface area contributed by atoms with Crippen molar-refractivity contribution in [2.24, 2.45) is 0 Å². The smallest absolute Gasteiger partial charge is 0.270 e.